The summed E-state index contributed by atoms with van der Waals surface area (Å²) in [5.41, 5.74) is 1.95. The van der Waals surface area contributed by atoms with Gasteiger partial charge in [0.1, 0.15) is 16.4 Å². The molecule has 5 rings (SSSR count). The minimum atomic E-state index is -4.08. The molecule has 3 aromatic rings. The first-order chi connectivity index (χ1) is 16.2. The Morgan fingerprint density at radius 2 is 2.12 bits per heavy atom. The highest BCUT2D eigenvalue weighted by atomic mass is 35.5. The smallest absolute Gasteiger partial charge is 0.333 e. The van der Waals surface area contributed by atoms with E-state index in [9.17, 15) is 22.4 Å². The molecule has 1 aromatic heterocycles. The molecule has 3 N–H and O–H groups in total. The highest BCUT2D eigenvalue weighted by Gasteiger charge is 2.28. The average Bonchev–Trinajstić information content (AvgIpc) is 3.42. The average molecular weight is 522 g/mol. The molecule has 0 saturated heterocycles. The lowest BCUT2D eigenvalue weighted by molar-refractivity contribution is 0.256. The van der Waals surface area contributed by atoms with Crippen LogP contribution in [0.1, 0.15) is 12.0 Å². The maximum absolute atomic E-state index is 14.9. The van der Waals surface area contributed by atoms with Gasteiger partial charge in [0.25, 0.3) is 15.6 Å². The monoisotopic (exact) mass is 521 g/mol. The third kappa shape index (κ3) is 4.24. The third-order valence-corrected chi connectivity index (χ3v) is 8.75. The van der Waals surface area contributed by atoms with E-state index in [2.05, 4.69) is 15.6 Å². The van der Waals surface area contributed by atoms with Gasteiger partial charge in [-0.15, -0.1) is 11.6 Å². The van der Waals surface area contributed by atoms with Crippen molar-refractivity contribution in [2.75, 3.05) is 17.2 Å². The second kappa shape index (κ2) is 8.60. The number of amides is 2. The van der Waals surface area contributed by atoms with Crippen molar-refractivity contribution in [3.8, 4) is 5.69 Å². The Hall–Kier alpha value is -3.09. The van der Waals surface area contributed by atoms with Crippen LogP contribution >= 0.6 is 23.4 Å². The number of anilines is 2. The van der Waals surface area contributed by atoms with Gasteiger partial charge in [-0.1, -0.05) is 17.8 Å². The number of halogens is 2. The number of rotatable bonds is 4. The van der Waals surface area contributed by atoms with Gasteiger partial charge in [-0.25, -0.2) is 27.3 Å². The van der Waals surface area contributed by atoms with Crippen molar-refractivity contribution in [2.45, 2.75) is 17.6 Å². The predicted molar refractivity (Wildman–Crippen MR) is 130 cm³/mol. The lowest BCUT2D eigenvalue weighted by Crippen LogP contribution is -2.34. The first-order valence-electron chi connectivity index (χ1n) is 10.1. The van der Waals surface area contributed by atoms with Gasteiger partial charge in [-0.2, -0.15) is 0 Å². The Morgan fingerprint density at radius 1 is 1.29 bits per heavy atom. The van der Waals surface area contributed by atoms with Crippen LogP contribution in [-0.4, -0.2) is 35.3 Å². The molecule has 3 heterocycles. The fourth-order valence-electron chi connectivity index (χ4n) is 3.78. The zero-order valence-corrected chi connectivity index (χ0v) is 19.7. The van der Waals surface area contributed by atoms with Crippen molar-refractivity contribution in [1.82, 2.24) is 14.3 Å². The molecule has 2 amide bonds. The SMILES string of the molecule is O=C(Nc1ccc(-n2cnc3cc4c(cc3c2=O)CCN4)c(F)c1)NS(=O)(=O)C1=CCC(Cl)S1. The Kier molecular flexibility index (Phi) is 5.74. The molecule has 2 aliphatic rings. The normalized spacial score (nSPS) is 17.2. The molecule has 0 aliphatic carbocycles. The van der Waals surface area contributed by atoms with Crippen LogP contribution in [0, 0.1) is 5.82 Å². The fraction of sp³-hybridized carbons (Fsp3) is 0.190. The topological polar surface area (TPSA) is 122 Å². The zero-order chi connectivity index (χ0) is 24.0. The summed E-state index contributed by atoms with van der Waals surface area (Å²) in [5, 5.41) is 5.87. The van der Waals surface area contributed by atoms with E-state index in [1.165, 1.54) is 24.5 Å². The maximum atomic E-state index is 14.9. The molecular weight excluding hydrogens is 505 g/mol. The molecule has 34 heavy (non-hydrogen) atoms. The molecular formula is C21H17ClFN5O4S2. The Morgan fingerprint density at radius 3 is 2.85 bits per heavy atom. The van der Waals surface area contributed by atoms with Gasteiger partial charge in [0.15, 0.2) is 0 Å². The molecule has 0 saturated carbocycles. The van der Waals surface area contributed by atoms with E-state index >= 15 is 0 Å². The number of carbonyl (C=O) groups is 1. The van der Waals surface area contributed by atoms with Crippen LogP contribution in [0.25, 0.3) is 16.6 Å². The van der Waals surface area contributed by atoms with E-state index in [4.69, 9.17) is 11.6 Å². The number of hydrogen-bond acceptors (Lipinski definition) is 7. The number of thioether (sulfide) groups is 1. The van der Waals surface area contributed by atoms with E-state index in [0.29, 0.717) is 17.3 Å². The zero-order valence-electron chi connectivity index (χ0n) is 17.3. The highest BCUT2D eigenvalue weighted by molar-refractivity contribution is 8.19. The Labute approximate surface area is 202 Å². The van der Waals surface area contributed by atoms with Crippen LogP contribution in [0.3, 0.4) is 0 Å². The number of fused-ring (bicyclic) bond motifs is 2. The minimum absolute atomic E-state index is 0.00270. The van der Waals surface area contributed by atoms with Gasteiger partial charge >= 0.3 is 6.03 Å². The quantitative estimate of drug-likeness (QED) is 0.449. The number of urea groups is 1. The van der Waals surface area contributed by atoms with E-state index in [1.807, 2.05) is 4.72 Å². The van der Waals surface area contributed by atoms with Crippen LogP contribution in [0.4, 0.5) is 20.6 Å². The Bertz CT molecular complexity index is 1540. The number of sulfonamides is 1. The number of hydrogen-bond donors (Lipinski definition) is 3. The van der Waals surface area contributed by atoms with Gasteiger partial charge < -0.3 is 10.6 Å². The lowest BCUT2D eigenvalue weighted by atomic mass is 10.1. The summed E-state index contributed by atoms with van der Waals surface area (Å²) in [5.74, 6) is -0.800. The number of nitrogens with one attached hydrogen (secondary N) is 3. The molecule has 13 heteroatoms. The Balaban J connectivity index is 1.37. The summed E-state index contributed by atoms with van der Waals surface area (Å²) in [6.45, 7) is 0.779. The van der Waals surface area contributed by atoms with Crippen LogP contribution in [0.2, 0.25) is 0 Å². The molecule has 2 aliphatic heterocycles. The van der Waals surface area contributed by atoms with Crippen molar-refractivity contribution >= 4 is 61.7 Å². The predicted octanol–water partition coefficient (Wildman–Crippen LogP) is 3.49. The standard InChI is InChI=1S/C21H17ClFN5O4S2/c22-18-3-4-19(33-18)34(31,32)27-21(30)26-12-1-2-17(14(23)8-12)28-10-25-16-9-15-11(5-6-24-15)7-13(16)20(28)29/h1-2,4,7-10,18,24H,3,5-6H2,(H2,26,27,30). The molecule has 1 atom stereocenters. The maximum Gasteiger partial charge on any atom is 0.333 e. The summed E-state index contributed by atoms with van der Waals surface area (Å²) in [6.07, 6.45) is 3.81. The highest BCUT2D eigenvalue weighted by Crippen LogP contribution is 2.37. The molecule has 176 valence electrons. The fourth-order valence-corrected chi connectivity index (χ4v) is 6.65. The van der Waals surface area contributed by atoms with Gasteiger partial charge in [-0.05, 0) is 48.7 Å². The summed E-state index contributed by atoms with van der Waals surface area (Å²) >= 11 is 6.80. The van der Waals surface area contributed by atoms with E-state index in [1.54, 1.807) is 12.1 Å². The molecule has 0 radical (unpaired) electrons. The number of alkyl halides is 1. The number of nitrogens with zero attached hydrogens (tertiary/aromatic N) is 2. The van der Waals surface area contributed by atoms with Crippen molar-refractivity contribution in [2.24, 2.45) is 0 Å². The van der Waals surface area contributed by atoms with Crippen molar-refractivity contribution in [3.05, 3.63) is 68.7 Å². The lowest BCUT2D eigenvalue weighted by Gasteiger charge is -2.12. The van der Waals surface area contributed by atoms with E-state index in [-0.39, 0.29) is 15.6 Å². The molecule has 1 unspecified atom stereocenters. The summed E-state index contributed by atoms with van der Waals surface area (Å²) in [6, 6.07) is 6.15. The number of allylic oxidation sites excluding steroid dienone is 1. The van der Waals surface area contributed by atoms with Gasteiger partial charge in [-0.3, -0.25) is 9.36 Å². The second-order valence-corrected chi connectivity index (χ2v) is 11.6. The van der Waals surface area contributed by atoms with Crippen molar-refractivity contribution in [3.63, 3.8) is 0 Å². The summed E-state index contributed by atoms with van der Waals surface area (Å²) in [4.78, 5) is 29.5. The number of benzene rings is 2. The van der Waals surface area contributed by atoms with E-state index in [0.717, 1.165) is 46.6 Å². The molecule has 9 nitrogen and oxygen atoms in total. The molecule has 2 aromatic carbocycles. The van der Waals surface area contributed by atoms with Crippen LogP contribution in [0.15, 0.2) is 51.8 Å². The summed E-state index contributed by atoms with van der Waals surface area (Å²) in [7, 11) is -4.08. The van der Waals surface area contributed by atoms with Crippen LogP contribution in [-0.2, 0) is 16.4 Å². The van der Waals surface area contributed by atoms with Crippen molar-refractivity contribution in [1.29, 1.82) is 0 Å². The molecule has 0 bridgehead atoms. The summed E-state index contributed by atoms with van der Waals surface area (Å²) < 4.78 is 41.9. The first-order valence-corrected chi connectivity index (χ1v) is 12.9. The third-order valence-electron chi connectivity index (χ3n) is 5.36. The van der Waals surface area contributed by atoms with Gasteiger partial charge in [0.2, 0.25) is 0 Å². The van der Waals surface area contributed by atoms with Crippen LogP contribution < -0.4 is 20.9 Å². The van der Waals surface area contributed by atoms with Gasteiger partial charge in [0.05, 0.1) is 21.3 Å². The largest absolute Gasteiger partial charge is 0.384 e. The van der Waals surface area contributed by atoms with E-state index < -0.39 is 32.1 Å². The molecule has 0 fully saturated rings. The molecule has 0 spiro atoms. The van der Waals surface area contributed by atoms with Crippen LogP contribution in [0.5, 0.6) is 0 Å². The van der Waals surface area contributed by atoms with Gasteiger partial charge in [0, 0.05) is 17.9 Å². The number of carbonyl (C=O) groups excluding carboxylic acids is 1. The number of aromatic nitrogens is 2. The minimum Gasteiger partial charge on any atom is -0.384 e. The first kappa shape index (κ1) is 22.7. The second-order valence-electron chi connectivity index (χ2n) is 7.64. The van der Waals surface area contributed by atoms with Crippen molar-refractivity contribution < 1.29 is 17.6 Å².